The number of carbonyl (C=O) groups is 1. The fourth-order valence-corrected chi connectivity index (χ4v) is 4.82. The van der Waals surface area contributed by atoms with Crippen molar-refractivity contribution in [1.29, 1.82) is 0 Å². The number of thiophene rings is 1. The summed E-state index contributed by atoms with van der Waals surface area (Å²) in [4.78, 5) is 33.9. The smallest absolute Gasteiger partial charge is 0.348 e. The molecule has 0 fully saturated rings. The Morgan fingerprint density at radius 2 is 2.15 bits per heavy atom. The largest absolute Gasteiger partial charge is 0.462 e. The summed E-state index contributed by atoms with van der Waals surface area (Å²) in [6.45, 7) is 5.72. The quantitative estimate of drug-likeness (QED) is 0.476. The fourth-order valence-electron chi connectivity index (χ4n) is 2.53. The number of thioether (sulfide) groups is 1. The maximum atomic E-state index is 12.6. The van der Waals surface area contributed by atoms with Gasteiger partial charge in [-0.05, 0) is 38.5 Å². The molecule has 0 saturated heterocycles. The molecular weight excluding hydrogens is 392 g/mol. The minimum Gasteiger partial charge on any atom is -0.462 e. The number of H-pyrrole nitrogens is 1. The second-order valence-corrected chi connectivity index (χ2v) is 8.39. The first-order valence-corrected chi connectivity index (χ1v) is 10.1. The highest BCUT2D eigenvalue weighted by Crippen LogP contribution is 2.37. The molecule has 0 aliphatic rings. The van der Waals surface area contributed by atoms with Crippen LogP contribution in [-0.2, 0) is 4.74 Å². The van der Waals surface area contributed by atoms with Crippen LogP contribution in [0.5, 0.6) is 0 Å². The summed E-state index contributed by atoms with van der Waals surface area (Å²) >= 11 is 8.91. The normalized spacial score (nSPS) is 12.3. The Labute approximate surface area is 163 Å². The van der Waals surface area contributed by atoms with Crippen LogP contribution in [0.15, 0.2) is 34.0 Å². The average Bonchev–Trinajstić information content (AvgIpc) is 2.94. The second kappa shape index (κ2) is 7.82. The number of aryl methyl sites for hydroxylation is 1. The first-order chi connectivity index (χ1) is 12.4. The molecule has 1 atom stereocenters. The summed E-state index contributed by atoms with van der Waals surface area (Å²) in [6.07, 6.45) is 0. The lowest BCUT2D eigenvalue weighted by Crippen LogP contribution is -2.12. The summed E-state index contributed by atoms with van der Waals surface area (Å²) in [5.74, 6) is 0.122. The van der Waals surface area contributed by atoms with E-state index in [0.29, 0.717) is 31.5 Å². The molecule has 0 amide bonds. The maximum absolute atomic E-state index is 12.6. The molecule has 2 aromatic heterocycles. The number of rotatable bonds is 5. The molecule has 8 heteroatoms. The number of hydrogen-bond donors (Lipinski definition) is 1. The Hall–Kier alpha value is -1.83. The van der Waals surface area contributed by atoms with E-state index in [4.69, 9.17) is 16.3 Å². The van der Waals surface area contributed by atoms with Gasteiger partial charge in [-0.2, -0.15) is 0 Å². The zero-order valence-corrected chi connectivity index (χ0v) is 16.8. The number of nitrogens with one attached hydrogen (secondary N) is 1. The molecule has 0 spiro atoms. The van der Waals surface area contributed by atoms with E-state index in [0.717, 1.165) is 4.90 Å². The lowest BCUT2D eigenvalue weighted by molar-refractivity contribution is 0.0531. The first kappa shape index (κ1) is 18.9. The van der Waals surface area contributed by atoms with E-state index in [1.807, 2.05) is 31.2 Å². The minimum absolute atomic E-state index is 0.111. The Kier molecular flexibility index (Phi) is 5.70. The lowest BCUT2D eigenvalue weighted by atomic mass is 10.2. The highest BCUT2D eigenvalue weighted by atomic mass is 35.5. The third-order valence-electron chi connectivity index (χ3n) is 3.81. The highest BCUT2D eigenvalue weighted by molar-refractivity contribution is 7.99. The van der Waals surface area contributed by atoms with Gasteiger partial charge in [-0.3, -0.25) is 4.79 Å². The number of ether oxygens (including phenoxy) is 1. The molecule has 3 aromatic rings. The van der Waals surface area contributed by atoms with Crippen molar-refractivity contribution < 1.29 is 9.53 Å². The first-order valence-electron chi connectivity index (χ1n) is 8.04. The van der Waals surface area contributed by atoms with E-state index < -0.39 is 5.97 Å². The van der Waals surface area contributed by atoms with E-state index in [1.165, 1.54) is 23.1 Å². The number of hydrogen-bond acceptors (Lipinski definition) is 6. The molecule has 0 aliphatic heterocycles. The number of fused-ring (bicyclic) bond motifs is 1. The van der Waals surface area contributed by atoms with Crippen LogP contribution in [0.3, 0.4) is 0 Å². The van der Waals surface area contributed by atoms with Crippen LogP contribution >= 0.6 is 34.7 Å². The Balaban J connectivity index is 1.99. The molecule has 2 heterocycles. The van der Waals surface area contributed by atoms with Crippen molar-refractivity contribution in [3.05, 3.63) is 55.9 Å². The van der Waals surface area contributed by atoms with Gasteiger partial charge in [-0.1, -0.05) is 23.7 Å². The zero-order valence-electron chi connectivity index (χ0n) is 14.5. The van der Waals surface area contributed by atoms with Crippen LogP contribution in [0.4, 0.5) is 0 Å². The summed E-state index contributed by atoms with van der Waals surface area (Å²) < 4.78 is 5.06. The van der Waals surface area contributed by atoms with Crippen molar-refractivity contribution in [1.82, 2.24) is 9.97 Å². The van der Waals surface area contributed by atoms with Gasteiger partial charge in [0, 0.05) is 4.90 Å². The third kappa shape index (κ3) is 3.65. The summed E-state index contributed by atoms with van der Waals surface area (Å²) in [6, 6.07) is 7.53. The van der Waals surface area contributed by atoms with Gasteiger partial charge in [0.15, 0.2) is 0 Å². The number of nitrogens with zero attached hydrogens (tertiary/aromatic N) is 1. The van der Waals surface area contributed by atoms with Crippen molar-refractivity contribution in [2.24, 2.45) is 0 Å². The standard InChI is InChI=1S/C18H17ClN2O3S2/c1-4-24-18(23)14-9(2)13-16(22)20-15(21-17(13)26-14)10(3)25-12-8-6-5-7-11(12)19/h5-8,10H,4H2,1-3H3,(H,20,21,22)/t10-/m0/s1. The Morgan fingerprint density at radius 1 is 1.42 bits per heavy atom. The van der Waals surface area contributed by atoms with Crippen LogP contribution in [0, 0.1) is 6.92 Å². The molecule has 0 aliphatic carbocycles. The predicted octanol–water partition coefficient (Wildman–Crippen LogP) is 4.98. The summed E-state index contributed by atoms with van der Waals surface area (Å²) in [5, 5.41) is 0.988. The molecule has 1 aromatic carbocycles. The van der Waals surface area contributed by atoms with Crippen molar-refractivity contribution in [3.63, 3.8) is 0 Å². The van der Waals surface area contributed by atoms with Crippen LogP contribution < -0.4 is 5.56 Å². The van der Waals surface area contributed by atoms with E-state index >= 15 is 0 Å². The maximum Gasteiger partial charge on any atom is 0.348 e. The van der Waals surface area contributed by atoms with E-state index in [2.05, 4.69) is 9.97 Å². The number of aromatic amines is 1. The van der Waals surface area contributed by atoms with Gasteiger partial charge >= 0.3 is 5.97 Å². The fraction of sp³-hybridized carbons (Fsp3) is 0.278. The van der Waals surface area contributed by atoms with Gasteiger partial charge in [-0.15, -0.1) is 23.1 Å². The van der Waals surface area contributed by atoms with Crippen molar-refractivity contribution in [3.8, 4) is 0 Å². The third-order valence-corrected chi connectivity index (χ3v) is 6.60. The van der Waals surface area contributed by atoms with Crippen LogP contribution in [0.2, 0.25) is 5.02 Å². The SMILES string of the molecule is CCOC(=O)c1sc2nc([C@H](C)Sc3ccccc3Cl)[nH]c(=O)c2c1C. The number of halogens is 1. The highest BCUT2D eigenvalue weighted by Gasteiger charge is 2.21. The number of carbonyl (C=O) groups excluding carboxylic acids is 1. The summed E-state index contributed by atoms with van der Waals surface area (Å²) in [7, 11) is 0. The van der Waals surface area contributed by atoms with Gasteiger partial charge < -0.3 is 9.72 Å². The molecule has 1 N–H and O–H groups in total. The minimum atomic E-state index is -0.424. The van der Waals surface area contributed by atoms with E-state index in [1.54, 1.807) is 13.8 Å². The average molecular weight is 409 g/mol. The Morgan fingerprint density at radius 3 is 2.85 bits per heavy atom. The molecular formula is C18H17ClN2O3S2. The molecule has 0 unspecified atom stereocenters. The van der Waals surface area contributed by atoms with Crippen LogP contribution in [0.25, 0.3) is 10.2 Å². The monoisotopic (exact) mass is 408 g/mol. The second-order valence-electron chi connectivity index (χ2n) is 5.60. The molecule has 3 rings (SSSR count). The van der Waals surface area contributed by atoms with Gasteiger partial charge in [0.2, 0.25) is 0 Å². The van der Waals surface area contributed by atoms with Crippen LogP contribution in [-0.4, -0.2) is 22.5 Å². The van der Waals surface area contributed by atoms with Crippen molar-refractivity contribution in [2.75, 3.05) is 6.61 Å². The molecule has 5 nitrogen and oxygen atoms in total. The summed E-state index contributed by atoms with van der Waals surface area (Å²) in [5.41, 5.74) is 0.357. The van der Waals surface area contributed by atoms with Crippen molar-refractivity contribution in [2.45, 2.75) is 30.9 Å². The Bertz CT molecular complexity index is 1030. The molecule has 0 radical (unpaired) electrons. The van der Waals surface area contributed by atoms with Gasteiger partial charge in [0.25, 0.3) is 5.56 Å². The predicted molar refractivity (Wildman–Crippen MR) is 107 cm³/mol. The number of esters is 1. The van der Waals surface area contributed by atoms with Gasteiger partial charge in [-0.25, -0.2) is 9.78 Å². The zero-order chi connectivity index (χ0) is 18.8. The van der Waals surface area contributed by atoms with Gasteiger partial charge in [0.1, 0.15) is 15.5 Å². The van der Waals surface area contributed by atoms with E-state index in [-0.39, 0.29) is 17.4 Å². The molecule has 0 bridgehead atoms. The molecule has 0 saturated carbocycles. The van der Waals surface area contributed by atoms with Crippen LogP contribution in [0.1, 0.15) is 40.2 Å². The lowest BCUT2D eigenvalue weighted by Gasteiger charge is -2.11. The number of benzene rings is 1. The topological polar surface area (TPSA) is 72.0 Å². The number of aromatic nitrogens is 2. The van der Waals surface area contributed by atoms with Gasteiger partial charge in [0.05, 0.1) is 22.3 Å². The van der Waals surface area contributed by atoms with Crippen molar-refractivity contribution >= 4 is 50.9 Å². The molecule has 136 valence electrons. The molecule has 26 heavy (non-hydrogen) atoms. The van der Waals surface area contributed by atoms with E-state index in [9.17, 15) is 9.59 Å².